The van der Waals surface area contributed by atoms with Gasteiger partial charge in [-0.3, -0.25) is 4.79 Å². The van der Waals surface area contributed by atoms with E-state index in [-0.39, 0.29) is 18.6 Å². The van der Waals surface area contributed by atoms with Crippen LogP contribution in [0.4, 0.5) is 5.69 Å². The zero-order chi connectivity index (χ0) is 36.9. The molecule has 2 atom stereocenters. The monoisotopic (exact) mass is 710 g/mol. The SMILES string of the molecule is COc1cc(C2NC(=O)c3cc(C)ccc3N2)ccc1OCC(C)N(C)Oc1cc(-c2cc(-c3cc(OC)c(OC)c(OC)c3)no2)ccc1OC. The van der Waals surface area contributed by atoms with Gasteiger partial charge in [-0.15, -0.1) is 5.06 Å². The van der Waals surface area contributed by atoms with E-state index in [1.165, 1.54) is 0 Å². The molecule has 4 aromatic carbocycles. The Kier molecular flexibility index (Phi) is 10.6. The zero-order valence-electron chi connectivity index (χ0n) is 30.4. The van der Waals surface area contributed by atoms with Crippen LogP contribution in [0.5, 0.6) is 40.2 Å². The molecule has 0 bridgehead atoms. The van der Waals surface area contributed by atoms with Gasteiger partial charge in [0.2, 0.25) is 5.75 Å². The summed E-state index contributed by atoms with van der Waals surface area (Å²) in [7, 11) is 9.65. The molecule has 0 fully saturated rings. The van der Waals surface area contributed by atoms with E-state index in [4.69, 9.17) is 37.8 Å². The number of aromatic nitrogens is 1. The van der Waals surface area contributed by atoms with E-state index in [0.717, 1.165) is 27.9 Å². The average Bonchev–Trinajstić information content (AvgIpc) is 3.67. The number of ether oxygens (including phenoxy) is 6. The molecule has 0 saturated carbocycles. The fraction of sp³-hybridized carbons (Fsp3) is 0.282. The summed E-state index contributed by atoms with van der Waals surface area (Å²) in [5, 5.41) is 12.4. The summed E-state index contributed by atoms with van der Waals surface area (Å²) in [4.78, 5) is 19.1. The van der Waals surface area contributed by atoms with Gasteiger partial charge in [-0.2, -0.15) is 0 Å². The normalized spacial score (nSPS) is 14.1. The standard InChI is InChI=1S/C39H42N4O9/c1-22-9-12-28-27(15-22)39(44)41-38(40-28)25-11-14-31(33(17-25)46-5)50-21-23(2)43(3)52-34-16-24(10-13-30(34)45-4)32-20-29(42-51-32)26-18-35(47-6)37(49-8)36(19-26)48-7/h9-20,23,38,40H,21H2,1-8H3,(H,41,44). The van der Waals surface area contributed by atoms with Crippen LogP contribution in [0, 0.1) is 6.92 Å². The number of methoxy groups -OCH3 is 5. The number of nitrogens with one attached hydrogen (secondary N) is 2. The molecule has 2 unspecified atom stereocenters. The Labute approximate surface area is 302 Å². The molecule has 13 nitrogen and oxygen atoms in total. The van der Waals surface area contributed by atoms with Crippen LogP contribution in [0.1, 0.15) is 34.6 Å². The number of amides is 1. The third-order valence-corrected chi connectivity index (χ3v) is 8.78. The summed E-state index contributed by atoms with van der Waals surface area (Å²) in [6.45, 7) is 4.21. The zero-order valence-corrected chi connectivity index (χ0v) is 30.4. The van der Waals surface area contributed by atoms with Crippen molar-refractivity contribution < 1.29 is 42.6 Å². The molecule has 0 spiro atoms. The molecule has 5 aromatic rings. The molecule has 52 heavy (non-hydrogen) atoms. The smallest absolute Gasteiger partial charge is 0.255 e. The van der Waals surface area contributed by atoms with Crippen LogP contribution in [0.2, 0.25) is 0 Å². The first-order valence-electron chi connectivity index (χ1n) is 16.5. The first-order valence-corrected chi connectivity index (χ1v) is 16.5. The van der Waals surface area contributed by atoms with Crippen molar-refractivity contribution in [3.8, 4) is 62.8 Å². The van der Waals surface area contributed by atoms with Crippen LogP contribution in [-0.4, -0.2) is 71.4 Å². The second kappa shape index (κ2) is 15.4. The molecule has 272 valence electrons. The summed E-state index contributed by atoms with van der Waals surface area (Å²) >= 11 is 0. The number of hydrogen-bond donors (Lipinski definition) is 2. The number of carbonyl (C=O) groups excluding carboxylic acids is 1. The minimum atomic E-state index is -0.423. The third kappa shape index (κ3) is 7.35. The second-order valence-electron chi connectivity index (χ2n) is 12.2. The number of hydrogen-bond acceptors (Lipinski definition) is 12. The van der Waals surface area contributed by atoms with Crippen molar-refractivity contribution in [2.24, 2.45) is 0 Å². The van der Waals surface area contributed by atoms with E-state index in [2.05, 4.69) is 15.8 Å². The van der Waals surface area contributed by atoms with E-state index in [1.54, 1.807) is 58.8 Å². The fourth-order valence-electron chi connectivity index (χ4n) is 5.76. The summed E-state index contributed by atoms with van der Waals surface area (Å²) in [5.74, 6) is 3.98. The number of benzene rings is 4. The van der Waals surface area contributed by atoms with Gasteiger partial charge in [-0.05, 0) is 74.0 Å². The van der Waals surface area contributed by atoms with Crippen LogP contribution in [-0.2, 0) is 0 Å². The number of fused-ring (bicyclic) bond motifs is 1. The maximum Gasteiger partial charge on any atom is 0.255 e. The average molecular weight is 711 g/mol. The maximum absolute atomic E-state index is 12.8. The molecule has 2 heterocycles. The molecule has 2 N–H and O–H groups in total. The largest absolute Gasteiger partial charge is 0.493 e. The van der Waals surface area contributed by atoms with E-state index in [1.807, 2.05) is 75.5 Å². The lowest BCUT2D eigenvalue weighted by atomic mass is 10.0. The number of carbonyl (C=O) groups is 1. The van der Waals surface area contributed by atoms with Crippen LogP contribution >= 0.6 is 0 Å². The van der Waals surface area contributed by atoms with Gasteiger partial charge in [0.1, 0.15) is 18.5 Å². The Balaban J connectivity index is 1.13. The van der Waals surface area contributed by atoms with Gasteiger partial charge in [-0.1, -0.05) is 22.9 Å². The third-order valence-electron chi connectivity index (χ3n) is 8.78. The van der Waals surface area contributed by atoms with Crippen molar-refractivity contribution in [3.05, 3.63) is 89.5 Å². The van der Waals surface area contributed by atoms with E-state index in [9.17, 15) is 4.79 Å². The van der Waals surface area contributed by atoms with Crippen LogP contribution in [0.15, 0.2) is 77.3 Å². The van der Waals surface area contributed by atoms with Crippen molar-refractivity contribution >= 4 is 11.6 Å². The molecule has 1 amide bonds. The molecule has 6 rings (SSSR count). The fourth-order valence-corrected chi connectivity index (χ4v) is 5.76. The van der Waals surface area contributed by atoms with E-state index >= 15 is 0 Å². The highest BCUT2D eigenvalue weighted by Crippen LogP contribution is 2.42. The maximum atomic E-state index is 12.8. The highest BCUT2D eigenvalue weighted by atomic mass is 16.7. The Hall–Kier alpha value is -6.08. The number of nitrogens with zero attached hydrogens (tertiary/aromatic N) is 2. The number of hydroxylamine groups is 2. The van der Waals surface area contributed by atoms with E-state index in [0.29, 0.717) is 57.3 Å². The number of anilines is 1. The van der Waals surface area contributed by atoms with E-state index < -0.39 is 6.17 Å². The lowest BCUT2D eigenvalue weighted by molar-refractivity contribution is -0.0774. The number of likely N-dealkylation sites (N-methyl/N-ethyl adjacent to an activating group) is 1. The second-order valence-corrected chi connectivity index (χ2v) is 12.2. The predicted molar refractivity (Wildman–Crippen MR) is 195 cm³/mol. The van der Waals surface area contributed by atoms with Gasteiger partial charge in [0.25, 0.3) is 5.91 Å². The molecule has 1 aliphatic heterocycles. The summed E-state index contributed by atoms with van der Waals surface area (Å²) < 4.78 is 39.6. The molecule has 0 saturated heterocycles. The highest BCUT2D eigenvalue weighted by Gasteiger charge is 2.26. The van der Waals surface area contributed by atoms with Crippen LogP contribution in [0.25, 0.3) is 22.6 Å². The lowest BCUT2D eigenvalue weighted by Gasteiger charge is -2.29. The van der Waals surface area contributed by atoms with Crippen molar-refractivity contribution in [3.63, 3.8) is 0 Å². The predicted octanol–water partition coefficient (Wildman–Crippen LogP) is 6.91. The molecule has 0 aliphatic carbocycles. The summed E-state index contributed by atoms with van der Waals surface area (Å²) in [6, 6.07) is 22.1. The van der Waals surface area contributed by atoms with Gasteiger partial charge < -0.3 is 48.4 Å². The van der Waals surface area contributed by atoms with Gasteiger partial charge in [0.05, 0.1) is 47.2 Å². The van der Waals surface area contributed by atoms with Crippen molar-refractivity contribution in [1.29, 1.82) is 0 Å². The van der Waals surface area contributed by atoms with Crippen molar-refractivity contribution in [2.45, 2.75) is 26.1 Å². The first kappa shape index (κ1) is 35.7. The first-order chi connectivity index (χ1) is 25.2. The molecule has 1 aromatic heterocycles. The Morgan fingerprint density at radius 3 is 2.13 bits per heavy atom. The molecule has 0 radical (unpaired) electrons. The molecule has 1 aliphatic rings. The Morgan fingerprint density at radius 2 is 1.44 bits per heavy atom. The number of rotatable bonds is 14. The number of aryl methyl sites for hydroxylation is 1. The summed E-state index contributed by atoms with van der Waals surface area (Å²) in [6.07, 6.45) is -0.423. The van der Waals surface area contributed by atoms with Crippen LogP contribution < -0.4 is 43.9 Å². The van der Waals surface area contributed by atoms with Crippen LogP contribution in [0.3, 0.4) is 0 Å². The molecule has 13 heteroatoms. The van der Waals surface area contributed by atoms with Gasteiger partial charge >= 0.3 is 0 Å². The van der Waals surface area contributed by atoms with Crippen molar-refractivity contribution in [2.75, 3.05) is 54.5 Å². The Morgan fingerprint density at radius 1 is 0.750 bits per heavy atom. The van der Waals surface area contributed by atoms with Gasteiger partial charge in [0.15, 0.2) is 40.3 Å². The Bertz CT molecular complexity index is 2040. The summed E-state index contributed by atoms with van der Waals surface area (Å²) in [5.41, 5.74) is 5.28. The molecular formula is C39H42N4O9. The topological polar surface area (TPSA) is 135 Å². The molecular weight excluding hydrogens is 668 g/mol. The quantitative estimate of drug-likeness (QED) is 0.116. The highest BCUT2D eigenvalue weighted by molar-refractivity contribution is 6.02. The van der Waals surface area contributed by atoms with Crippen molar-refractivity contribution in [1.82, 2.24) is 15.5 Å². The van der Waals surface area contributed by atoms with Gasteiger partial charge in [-0.25, -0.2) is 0 Å². The minimum absolute atomic E-state index is 0.137. The lowest BCUT2D eigenvalue weighted by Crippen LogP contribution is -2.38. The van der Waals surface area contributed by atoms with Gasteiger partial charge in [0, 0.05) is 29.9 Å². The minimum Gasteiger partial charge on any atom is -0.493 e.